The summed E-state index contributed by atoms with van der Waals surface area (Å²) >= 11 is 3.36. The number of rotatable bonds is 3. The van der Waals surface area contributed by atoms with Crippen LogP contribution in [0.2, 0.25) is 0 Å². The quantitative estimate of drug-likeness (QED) is 0.810. The van der Waals surface area contributed by atoms with Gasteiger partial charge in [-0.2, -0.15) is 0 Å². The van der Waals surface area contributed by atoms with Gasteiger partial charge < -0.3 is 5.11 Å². The second-order valence-corrected chi connectivity index (χ2v) is 4.87. The lowest BCUT2D eigenvalue weighted by Crippen LogP contribution is -2.48. The van der Waals surface area contributed by atoms with Gasteiger partial charge in [0, 0.05) is 10.9 Å². The molecule has 0 aromatic rings. The Kier molecular flexibility index (Phi) is 4.76. The van der Waals surface area contributed by atoms with Crippen LogP contribution in [0.3, 0.4) is 0 Å². The number of carbonyl (C=O) groups is 1. The van der Waals surface area contributed by atoms with E-state index in [1.54, 1.807) is 0 Å². The Bertz CT molecular complexity index is 228. The van der Waals surface area contributed by atoms with Crippen molar-refractivity contribution in [3.63, 3.8) is 0 Å². The predicted molar refractivity (Wildman–Crippen MR) is 55.7 cm³/mol. The maximum atomic E-state index is 12.2. The third kappa shape index (κ3) is 3.59. The minimum absolute atomic E-state index is 0.00102. The Labute approximate surface area is 95.6 Å². The van der Waals surface area contributed by atoms with Crippen molar-refractivity contribution in [2.24, 2.45) is 0 Å². The van der Waals surface area contributed by atoms with Gasteiger partial charge in [-0.1, -0.05) is 28.8 Å². The summed E-state index contributed by atoms with van der Waals surface area (Å²) in [6, 6.07) is -0.315. The van der Waals surface area contributed by atoms with E-state index in [0.717, 1.165) is 24.2 Å². The Morgan fingerprint density at radius 2 is 2.07 bits per heavy atom. The Morgan fingerprint density at radius 1 is 1.47 bits per heavy atom. The molecule has 1 fully saturated rings. The zero-order valence-corrected chi connectivity index (χ0v) is 9.79. The molecule has 0 aromatic heterocycles. The molecule has 1 rings (SSSR count). The van der Waals surface area contributed by atoms with Crippen molar-refractivity contribution in [3.05, 3.63) is 0 Å². The molecule has 0 bridgehead atoms. The smallest absolute Gasteiger partial charge is 0.407 e. The number of hydrogen-bond donors (Lipinski definition) is 1. The fraction of sp³-hybridized carbons (Fsp3) is 0.889. The maximum Gasteiger partial charge on any atom is 0.407 e. The number of halogens is 3. The molecular formula is C9H14BrF2NO2. The van der Waals surface area contributed by atoms with E-state index in [-0.39, 0.29) is 10.9 Å². The maximum absolute atomic E-state index is 12.2. The first-order valence-electron chi connectivity index (χ1n) is 4.94. The fourth-order valence-corrected chi connectivity index (χ4v) is 2.79. The average Bonchev–Trinajstić information content (AvgIpc) is 2.15. The van der Waals surface area contributed by atoms with Crippen LogP contribution < -0.4 is 0 Å². The summed E-state index contributed by atoms with van der Waals surface area (Å²) in [4.78, 5) is 11.7. The van der Waals surface area contributed by atoms with Gasteiger partial charge in [-0.25, -0.2) is 13.6 Å². The molecule has 1 aliphatic carbocycles. The number of carboxylic acid groups (broad SMARTS) is 1. The van der Waals surface area contributed by atoms with Gasteiger partial charge in [0.1, 0.15) is 0 Å². The molecular weight excluding hydrogens is 272 g/mol. The fourth-order valence-electron chi connectivity index (χ4n) is 1.92. The molecule has 0 heterocycles. The van der Waals surface area contributed by atoms with Crippen LogP contribution in [0.25, 0.3) is 0 Å². The zero-order chi connectivity index (χ0) is 11.4. The Balaban J connectivity index is 2.64. The lowest BCUT2D eigenvalue weighted by Gasteiger charge is -2.35. The number of amides is 1. The molecule has 2 unspecified atom stereocenters. The molecule has 1 N–H and O–H groups in total. The summed E-state index contributed by atoms with van der Waals surface area (Å²) in [7, 11) is 0. The molecule has 0 radical (unpaired) electrons. The van der Waals surface area contributed by atoms with Gasteiger partial charge in [-0.15, -0.1) is 0 Å². The first-order chi connectivity index (χ1) is 7.02. The van der Waals surface area contributed by atoms with Crippen LogP contribution in [-0.2, 0) is 0 Å². The second-order valence-electron chi connectivity index (χ2n) is 3.69. The van der Waals surface area contributed by atoms with Gasteiger partial charge in [0.05, 0.1) is 6.54 Å². The molecule has 0 saturated heterocycles. The van der Waals surface area contributed by atoms with Crippen molar-refractivity contribution in [1.29, 1.82) is 0 Å². The molecule has 0 spiro atoms. The average molecular weight is 286 g/mol. The van der Waals surface area contributed by atoms with Gasteiger partial charge in [0.15, 0.2) is 0 Å². The van der Waals surface area contributed by atoms with E-state index in [9.17, 15) is 13.6 Å². The molecule has 2 atom stereocenters. The van der Waals surface area contributed by atoms with Gasteiger partial charge in [-0.05, 0) is 12.8 Å². The molecule has 0 aliphatic heterocycles. The first-order valence-corrected chi connectivity index (χ1v) is 5.85. The number of hydrogen-bond acceptors (Lipinski definition) is 1. The molecule has 1 aliphatic rings. The van der Waals surface area contributed by atoms with Crippen LogP contribution in [0.5, 0.6) is 0 Å². The molecule has 1 amide bonds. The molecule has 88 valence electrons. The van der Waals surface area contributed by atoms with Crippen LogP contribution in [0.15, 0.2) is 0 Å². The summed E-state index contributed by atoms with van der Waals surface area (Å²) in [5.74, 6) is 0. The summed E-state index contributed by atoms with van der Waals surface area (Å²) in [6.45, 7) is -0.692. The van der Waals surface area contributed by atoms with Crippen LogP contribution in [0, 0.1) is 0 Å². The number of alkyl halides is 3. The normalized spacial score (nSPS) is 26.7. The zero-order valence-electron chi connectivity index (χ0n) is 8.20. The largest absolute Gasteiger partial charge is 0.465 e. The van der Waals surface area contributed by atoms with E-state index in [1.165, 1.54) is 0 Å². The van der Waals surface area contributed by atoms with Crippen molar-refractivity contribution in [1.82, 2.24) is 4.90 Å². The second kappa shape index (κ2) is 5.63. The lowest BCUT2D eigenvalue weighted by atomic mass is 9.94. The minimum Gasteiger partial charge on any atom is -0.465 e. The highest BCUT2D eigenvalue weighted by molar-refractivity contribution is 9.09. The lowest BCUT2D eigenvalue weighted by molar-refractivity contribution is 0.0546. The topological polar surface area (TPSA) is 40.5 Å². The SMILES string of the molecule is O=C(O)N(CC(F)F)C1CCCCC1Br. The summed E-state index contributed by atoms with van der Waals surface area (Å²) in [5, 5.41) is 8.86. The van der Waals surface area contributed by atoms with E-state index in [1.807, 2.05) is 0 Å². The van der Waals surface area contributed by atoms with Gasteiger partial charge >= 0.3 is 6.09 Å². The highest BCUT2D eigenvalue weighted by Crippen LogP contribution is 2.29. The van der Waals surface area contributed by atoms with Gasteiger partial charge in [0.2, 0.25) is 0 Å². The summed E-state index contributed by atoms with van der Waals surface area (Å²) in [5.41, 5.74) is 0. The number of nitrogens with zero attached hydrogens (tertiary/aromatic N) is 1. The highest BCUT2D eigenvalue weighted by Gasteiger charge is 2.32. The van der Waals surface area contributed by atoms with Crippen LogP contribution >= 0.6 is 15.9 Å². The van der Waals surface area contributed by atoms with E-state index in [0.29, 0.717) is 6.42 Å². The van der Waals surface area contributed by atoms with Crippen molar-refractivity contribution in [2.45, 2.75) is 43.0 Å². The van der Waals surface area contributed by atoms with Gasteiger partial charge in [0.25, 0.3) is 6.43 Å². The van der Waals surface area contributed by atoms with E-state index in [4.69, 9.17) is 5.11 Å². The van der Waals surface area contributed by atoms with Crippen LogP contribution in [0.4, 0.5) is 13.6 Å². The predicted octanol–water partition coefficient (Wildman–Crippen LogP) is 2.94. The Hall–Kier alpha value is -0.390. The van der Waals surface area contributed by atoms with Gasteiger partial charge in [-0.3, -0.25) is 4.90 Å². The molecule has 15 heavy (non-hydrogen) atoms. The van der Waals surface area contributed by atoms with E-state index < -0.39 is 19.1 Å². The van der Waals surface area contributed by atoms with Crippen molar-refractivity contribution in [2.75, 3.05) is 6.54 Å². The highest BCUT2D eigenvalue weighted by atomic mass is 79.9. The van der Waals surface area contributed by atoms with Crippen molar-refractivity contribution in [3.8, 4) is 0 Å². The molecule has 3 nitrogen and oxygen atoms in total. The Morgan fingerprint density at radius 3 is 2.53 bits per heavy atom. The standard InChI is InChI=1S/C9H14BrF2NO2/c10-6-3-1-2-4-7(6)13(9(14)15)5-8(11)12/h6-8H,1-5H2,(H,14,15). The summed E-state index contributed by atoms with van der Waals surface area (Å²) < 4.78 is 24.4. The third-order valence-electron chi connectivity index (χ3n) is 2.63. The monoisotopic (exact) mass is 285 g/mol. The summed E-state index contributed by atoms with van der Waals surface area (Å²) in [6.07, 6.45) is -0.435. The van der Waals surface area contributed by atoms with E-state index >= 15 is 0 Å². The molecule has 1 saturated carbocycles. The van der Waals surface area contributed by atoms with E-state index in [2.05, 4.69) is 15.9 Å². The molecule has 6 heteroatoms. The van der Waals surface area contributed by atoms with Crippen molar-refractivity contribution >= 4 is 22.0 Å². The van der Waals surface area contributed by atoms with Crippen LogP contribution in [0.1, 0.15) is 25.7 Å². The first kappa shape index (κ1) is 12.7. The van der Waals surface area contributed by atoms with Crippen LogP contribution in [-0.4, -0.2) is 39.9 Å². The third-order valence-corrected chi connectivity index (χ3v) is 3.70. The van der Waals surface area contributed by atoms with Crippen molar-refractivity contribution < 1.29 is 18.7 Å². The molecule has 0 aromatic carbocycles. The minimum atomic E-state index is -2.61.